The number of hydrogen-bond acceptors (Lipinski definition) is 7. The number of rotatable bonds is 7. The van der Waals surface area contributed by atoms with Gasteiger partial charge in [-0.3, -0.25) is 4.79 Å². The summed E-state index contributed by atoms with van der Waals surface area (Å²) in [4.78, 5) is 11.4. The lowest BCUT2D eigenvalue weighted by molar-refractivity contribution is -0.148. The number of nitrogens with one attached hydrogen (secondary N) is 1. The molecule has 0 saturated carbocycles. The predicted molar refractivity (Wildman–Crippen MR) is 106 cm³/mol. The molecule has 0 bridgehead atoms. The van der Waals surface area contributed by atoms with Crippen molar-refractivity contribution in [1.29, 1.82) is 0 Å². The number of sulfonamides is 1. The topological polar surface area (TPSA) is 111 Å². The number of aromatic nitrogens is 2. The molecule has 0 spiro atoms. The standard InChI is InChI=1S/C20H18F3N3O5S/c1-12-6-8-14(9-7-12)19-26-25-18(31-19)13(2)30-17(27)11-24-32(28,29)16-5-3-4-15(10-16)20(21,22)23/h3-10,13,24H,11H2,1-2H3. The van der Waals surface area contributed by atoms with Crippen LogP contribution in [0.2, 0.25) is 0 Å². The Bertz CT molecular complexity index is 1210. The first-order valence-electron chi connectivity index (χ1n) is 9.22. The van der Waals surface area contributed by atoms with Crippen molar-refractivity contribution in [2.75, 3.05) is 6.54 Å². The van der Waals surface area contributed by atoms with E-state index in [-0.39, 0.29) is 11.8 Å². The Morgan fingerprint density at radius 3 is 2.50 bits per heavy atom. The zero-order valence-electron chi connectivity index (χ0n) is 16.9. The molecule has 1 atom stereocenters. The van der Waals surface area contributed by atoms with Gasteiger partial charge in [0.15, 0.2) is 6.10 Å². The molecule has 2 aromatic carbocycles. The van der Waals surface area contributed by atoms with Crippen molar-refractivity contribution in [3.63, 3.8) is 0 Å². The lowest BCUT2D eigenvalue weighted by Gasteiger charge is -2.12. The van der Waals surface area contributed by atoms with E-state index in [4.69, 9.17) is 9.15 Å². The number of hydrogen-bond donors (Lipinski definition) is 1. The minimum absolute atomic E-state index is 0.00494. The molecular weight excluding hydrogens is 451 g/mol. The van der Waals surface area contributed by atoms with Crippen LogP contribution in [0.5, 0.6) is 0 Å². The van der Waals surface area contributed by atoms with Crippen LogP contribution in [0.25, 0.3) is 11.5 Å². The Morgan fingerprint density at radius 1 is 1.16 bits per heavy atom. The van der Waals surface area contributed by atoms with E-state index < -0.39 is 45.3 Å². The zero-order chi connectivity index (χ0) is 23.5. The molecule has 170 valence electrons. The summed E-state index contributed by atoms with van der Waals surface area (Å²) in [6.45, 7) is 2.57. The van der Waals surface area contributed by atoms with E-state index in [1.807, 2.05) is 23.8 Å². The first kappa shape index (κ1) is 23.4. The Morgan fingerprint density at radius 2 is 1.84 bits per heavy atom. The van der Waals surface area contributed by atoms with Crippen molar-refractivity contribution in [3.05, 3.63) is 65.5 Å². The molecule has 0 radical (unpaired) electrons. The van der Waals surface area contributed by atoms with Crippen molar-refractivity contribution in [2.24, 2.45) is 0 Å². The molecule has 1 N–H and O–H groups in total. The van der Waals surface area contributed by atoms with Gasteiger partial charge in [0, 0.05) is 5.56 Å². The van der Waals surface area contributed by atoms with Gasteiger partial charge in [-0.1, -0.05) is 23.8 Å². The van der Waals surface area contributed by atoms with Gasteiger partial charge in [-0.15, -0.1) is 10.2 Å². The van der Waals surface area contributed by atoms with Crippen LogP contribution < -0.4 is 4.72 Å². The van der Waals surface area contributed by atoms with Gasteiger partial charge in [-0.05, 0) is 44.2 Å². The Labute approximate surface area is 181 Å². The maximum absolute atomic E-state index is 12.8. The van der Waals surface area contributed by atoms with E-state index in [0.29, 0.717) is 11.6 Å². The quantitative estimate of drug-likeness (QED) is 0.526. The summed E-state index contributed by atoms with van der Waals surface area (Å²) >= 11 is 0. The molecule has 0 aliphatic heterocycles. The highest BCUT2D eigenvalue weighted by molar-refractivity contribution is 7.89. The molecule has 12 heteroatoms. The molecule has 8 nitrogen and oxygen atoms in total. The Hall–Kier alpha value is -3.25. The second kappa shape index (κ2) is 9.09. The van der Waals surface area contributed by atoms with Gasteiger partial charge in [-0.25, -0.2) is 8.42 Å². The van der Waals surface area contributed by atoms with Crippen LogP contribution in [-0.2, 0) is 25.7 Å². The maximum Gasteiger partial charge on any atom is 0.416 e. The summed E-state index contributed by atoms with van der Waals surface area (Å²) in [5.41, 5.74) is 0.586. The molecule has 32 heavy (non-hydrogen) atoms. The second-order valence-electron chi connectivity index (χ2n) is 6.79. The monoisotopic (exact) mass is 469 g/mol. The summed E-state index contributed by atoms with van der Waals surface area (Å²) < 4.78 is 75.3. The fourth-order valence-electron chi connectivity index (χ4n) is 2.58. The normalized spacial score (nSPS) is 13.0. The van der Waals surface area contributed by atoms with Crippen LogP contribution in [0, 0.1) is 6.92 Å². The van der Waals surface area contributed by atoms with Crippen LogP contribution in [0.3, 0.4) is 0 Å². The molecule has 0 amide bonds. The SMILES string of the molecule is Cc1ccc(-c2nnc(C(C)OC(=O)CNS(=O)(=O)c3cccc(C(F)(F)F)c3)o2)cc1. The van der Waals surface area contributed by atoms with Crippen LogP contribution in [0.4, 0.5) is 13.2 Å². The molecule has 3 aromatic rings. The third-order valence-electron chi connectivity index (χ3n) is 4.27. The minimum atomic E-state index is -4.71. The third kappa shape index (κ3) is 5.71. The first-order chi connectivity index (χ1) is 15.0. The molecule has 3 rings (SSSR count). The fourth-order valence-corrected chi connectivity index (χ4v) is 3.59. The maximum atomic E-state index is 12.8. The van der Waals surface area contributed by atoms with Crippen molar-refractivity contribution in [2.45, 2.75) is 31.0 Å². The van der Waals surface area contributed by atoms with Crippen LogP contribution in [0.15, 0.2) is 57.8 Å². The molecule has 0 aliphatic carbocycles. The Kier molecular flexibility index (Phi) is 6.65. The molecule has 0 fully saturated rings. The van der Waals surface area contributed by atoms with E-state index in [9.17, 15) is 26.4 Å². The number of aryl methyl sites for hydroxylation is 1. The number of ether oxygens (including phenoxy) is 1. The number of halogens is 3. The van der Waals surface area contributed by atoms with Gasteiger partial charge in [0.25, 0.3) is 5.89 Å². The van der Waals surface area contributed by atoms with Gasteiger partial charge in [-0.2, -0.15) is 17.9 Å². The highest BCUT2D eigenvalue weighted by Crippen LogP contribution is 2.30. The number of benzene rings is 2. The predicted octanol–water partition coefficient (Wildman–Crippen LogP) is 3.65. The molecule has 0 saturated heterocycles. The summed E-state index contributed by atoms with van der Waals surface area (Å²) in [6.07, 6.45) is -5.69. The summed E-state index contributed by atoms with van der Waals surface area (Å²) in [5.74, 6) is -0.772. The second-order valence-corrected chi connectivity index (χ2v) is 8.56. The van der Waals surface area contributed by atoms with Crippen molar-refractivity contribution in [1.82, 2.24) is 14.9 Å². The van der Waals surface area contributed by atoms with Crippen LogP contribution in [-0.4, -0.2) is 31.1 Å². The largest absolute Gasteiger partial charge is 0.452 e. The third-order valence-corrected chi connectivity index (χ3v) is 5.67. The van der Waals surface area contributed by atoms with E-state index in [1.54, 1.807) is 12.1 Å². The fraction of sp³-hybridized carbons (Fsp3) is 0.250. The lowest BCUT2D eigenvalue weighted by atomic mass is 10.1. The molecular formula is C20H18F3N3O5S. The minimum Gasteiger partial charge on any atom is -0.452 e. The van der Waals surface area contributed by atoms with E-state index >= 15 is 0 Å². The van der Waals surface area contributed by atoms with Crippen LogP contribution in [0.1, 0.15) is 30.0 Å². The van der Waals surface area contributed by atoms with Crippen molar-refractivity contribution >= 4 is 16.0 Å². The average molecular weight is 469 g/mol. The summed E-state index contributed by atoms with van der Waals surface area (Å²) in [6, 6.07) is 10.4. The summed E-state index contributed by atoms with van der Waals surface area (Å²) in [7, 11) is -4.38. The number of carbonyl (C=O) groups excluding carboxylic acids is 1. The molecule has 1 aromatic heterocycles. The van der Waals surface area contributed by atoms with E-state index in [1.165, 1.54) is 6.92 Å². The number of nitrogens with zero attached hydrogens (tertiary/aromatic N) is 2. The van der Waals surface area contributed by atoms with Gasteiger partial charge < -0.3 is 9.15 Å². The summed E-state index contributed by atoms with van der Waals surface area (Å²) in [5, 5.41) is 7.70. The van der Waals surface area contributed by atoms with Gasteiger partial charge in [0.1, 0.15) is 6.54 Å². The van der Waals surface area contributed by atoms with Gasteiger partial charge in [0.05, 0.1) is 10.5 Å². The Balaban J connectivity index is 1.60. The number of esters is 1. The van der Waals surface area contributed by atoms with E-state index in [0.717, 1.165) is 23.8 Å². The highest BCUT2D eigenvalue weighted by Gasteiger charge is 2.31. The van der Waals surface area contributed by atoms with Gasteiger partial charge >= 0.3 is 12.1 Å². The van der Waals surface area contributed by atoms with Crippen molar-refractivity contribution < 1.29 is 35.5 Å². The number of carbonyl (C=O) groups is 1. The number of alkyl halides is 3. The van der Waals surface area contributed by atoms with Crippen molar-refractivity contribution in [3.8, 4) is 11.5 Å². The smallest absolute Gasteiger partial charge is 0.416 e. The molecule has 0 aliphatic rings. The van der Waals surface area contributed by atoms with E-state index in [2.05, 4.69) is 10.2 Å². The lowest BCUT2D eigenvalue weighted by Crippen LogP contribution is -2.31. The molecule has 1 unspecified atom stereocenters. The average Bonchev–Trinajstić information content (AvgIpc) is 3.23. The highest BCUT2D eigenvalue weighted by atomic mass is 32.2. The van der Waals surface area contributed by atoms with Gasteiger partial charge in [0.2, 0.25) is 15.9 Å². The van der Waals surface area contributed by atoms with Crippen LogP contribution >= 0.6 is 0 Å². The molecule has 1 heterocycles. The zero-order valence-corrected chi connectivity index (χ0v) is 17.7. The first-order valence-corrected chi connectivity index (χ1v) is 10.7.